The molecule has 2 atom stereocenters. The van der Waals surface area contributed by atoms with Gasteiger partial charge in [0.25, 0.3) is 0 Å². The fraction of sp³-hybridized carbons (Fsp3) is 0.750. The Kier molecular flexibility index (Phi) is 3.29. The van der Waals surface area contributed by atoms with Gasteiger partial charge in [-0.3, -0.25) is 4.79 Å². The van der Waals surface area contributed by atoms with Gasteiger partial charge in [-0.1, -0.05) is 33.8 Å². The Bertz CT molecular complexity index is 213. The Morgan fingerprint density at radius 2 is 1.85 bits per heavy atom. The van der Waals surface area contributed by atoms with Gasteiger partial charge >= 0.3 is 0 Å². The first-order valence-corrected chi connectivity index (χ1v) is 5.23. The van der Waals surface area contributed by atoms with Crippen molar-refractivity contribution < 1.29 is 4.79 Å². The number of carbonyl (C=O) groups is 1. The molecule has 0 amide bonds. The van der Waals surface area contributed by atoms with Gasteiger partial charge in [0.2, 0.25) is 0 Å². The SMILES string of the molecule is CC(C)C1C=CC(=O)CC1C(C)C. The van der Waals surface area contributed by atoms with Crippen molar-refractivity contribution in [1.29, 1.82) is 0 Å². The maximum atomic E-state index is 11.3. The summed E-state index contributed by atoms with van der Waals surface area (Å²) in [4.78, 5) is 11.3. The predicted octanol–water partition coefficient (Wildman–Crippen LogP) is 3.06. The number of hydrogen-bond donors (Lipinski definition) is 0. The number of hydrogen-bond acceptors (Lipinski definition) is 1. The van der Waals surface area contributed by atoms with Gasteiger partial charge in [0, 0.05) is 6.42 Å². The van der Waals surface area contributed by atoms with Crippen LogP contribution in [-0.4, -0.2) is 5.78 Å². The van der Waals surface area contributed by atoms with Crippen LogP contribution in [0.15, 0.2) is 12.2 Å². The zero-order valence-corrected chi connectivity index (χ0v) is 9.08. The molecule has 1 aliphatic rings. The van der Waals surface area contributed by atoms with Crippen LogP contribution in [0, 0.1) is 23.7 Å². The summed E-state index contributed by atoms with van der Waals surface area (Å²) in [6, 6.07) is 0. The first kappa shape index (κ1) is 10.5. The number of carbonyl (C=O) groups excluding carboxylic acids is 1. The molecule has 0 radical (unpaired) electrons. The van der Waals surface area contributed by atoms with Crippen LogP contribution < -0.4 is 0 Å². The second kappa shape index (κ2) is 4.08. The highest BCUT2D eigenvalue weighted by Gasteiger charge is 2.29. The van der Waals surface area contributed by atoms with Crippen LogP contribution >= 0.6 is 0 Å². The number of ketones is 1. The lowest BCUT2D eigenvalue weighted by Gasteiger charge is -2.32. The quantitative estimate of drug-likeness (QED) is 0.638. The molecular formula is C12H20O. The van der Waals surface area contributed by atoms with Crippen molar-refractivity contribution in [2.24, 2.45) is 23.7 Å². The van der Waals surface area contributed by atoms with Crippen molar-refractivity contribution in [3.63, 3.8) is 0 Å². The summed E-state index contributed by atoms with van der Waals surface area (Å²) in [5.74, 6) is 2.71. The second-order valence-corrected chi connectivity index (χ2v) is 4.76. The summed E-state index contributed by atoms with van der Waals surface area (Å²) in [5.41, 5.74) is 0. The zero-order chi connectivity index (χ0) is 10.0. The standard InChI is InChI=1S/C12H20O/c1-8(2)11-6-5-10(13)7-12(11)9(3)4/h5-6,8-9,11-12H,7H2,1-4H3. The lowest BCUT2D eigenvalue weighted by molar-refractivity contribution is -0.116. The molecule has 74 valence electrons. The molecule has 2 unspecified atom stereocenters. The lowest BCUT2D eigenvalue weighted by atomic mass is 9.72. The molecule has 0 fully saturated rings. The fourth-order valence-electron chi connectivity index (χ4n) is 2.19. The van der Waals surface area contributed by atoms with Crippen LogP contribution in [0.3, 0.4) is 0 Å². The van der Waals surface area contributed by atoms with E-state index < -0.39 is 0 Å². The monoisotopic (exact) mass is 180 g/mol. The summed E-state index contributed by atoms with van der Waals surface area (Å²) in [7, 11) is 0. The van der Waals surface area contributed by atoms with Gasteiger partial charge < -0.3 is 0 Å². The molecule has 1 rings (SSSR count). The summed E-state index contributed by atoms with van der Waals surface area (Å²) in [6.45, 7) is 8.90. The summed E-state index contributed by atoms with van der Waals surface area (Å²) in [5, 5.41) is 0. The van der Waals surface area contributed by atoms with E-state index in [1.807, 2.05) is 0 Å². The minimum Gasteiger partial charge on any atom is -0.295 e. The molecule has 0 aromatic carbocycles. The number of rotatable bonds is 2. The Labute approximate surface area is 81.2 Å². The Morgan fingerprint density at radius 3 is 2.31 bits per heavy atom. The molecule has 1 nitrogen and oxygen atoms in total. The van der Waals surface area contributed by atoms with E-state index in [2.05, 4.69) is 33.8 Å². The molecule has 0 bridgehead atoms. The molecule has 0 aliphatic heterocycles. The first-order chi connectivity index (χ1) is 6.02. The fourth-order valence-corrected chi connectivity index (χ4v) is 2.19. The van der Waals surface area contributed by atoms with E-state index in [9.17, 15) is 4.79 Å². The molecule has 0 saturated carbocycles. The Hall–Kier alpha value is -0.590. The van der Waals surface area contributed by atoms with Crippen LogP contribution in [0.4, 0.5) is 0 Å². The van der Waals surface area contributed by atoms with Crippen LogP contribution in [0.5, 0.6) is 0 Å². The predicted molar refractivity (Wildman–Crippen MR) is 55.4 cm³/mol. The van der Waals surface area contributed by atoms with Crippen molar-refractivity contribution in [2.75, 3.05) is 0 Å². The van der Waals surface area contributed by atoms with E-state index in [-0.39, 0.29) is 0 Å². The zero-order valence-electron chi connectivity index (χ0n) is 9.08. The van der Waals surface area contributed by atoms with Gasteiger partial charge in [-0.05, 0) is 29.7 Å². The Balaban J connectivity index is 2.79. The highest BCUT2D eigenvalue weighted by molar-refractivity contribution is 5.90. The van der Waals surface area contributed by atoms with Crippen molar-refractivity contribution in [1.82, 2.24) is 0 Å². The molecule has 0 N–H and O–H groups in total. The molecule has 0 aromatic heterocycles. The maximum absolute atomic E-state index is 11.3. The molecular weight excluding hydrogens is 160 g/mol. The third-order valence-electron chi connectivity index (χ3n) is 3.06. The van der Waals surface area contributed by atoms with E-state index in [0.29, 0.717) is 29.5 Å². The largest absolute Gasteiger partial charge is 0.295 e. The molecule has 0 spiro atoms. The van der Waals surface area contributed by atoms with Crippen LogP contribution in [-0.2, 0) is 4.79 Å². The summed E-state index contributed by atoms with van der Waals surface area (Å²) >= 11 is 0. The van der Waals surface area contributed by atoms with Crippen molar-refractivity contribution in [2.45, 2.75) is 34.1 Å². The summed E-state index contributed by atoms with van der Waals surface area (Å²) in [6.07, 6.45) is 4.63. The molecule has 1 aliphatic carbocycles. The van der Waals surface area contributed by atoms with Gasteiger partial charge in [-0.25, -0.2) is 0 Å². The van der Waals surface area contributed by atoms with Crippen LogP contribution in [0.2, 0.25) is 0 Å². The maximum Gasteiger partial charge on any atom is 0.155 e. The third kappa shape index (κ3) is 2.43. The minimum absolute atomic E-state index is 0.301. The van der Waals surface area contributed by atoms with E-state index in [4.69, 9.17) is 0 Å². The third-order valence-corrected chi connectivity index (χ3v) is 3.06. The van der Waals surface area contributed by atoms with Crippen LogP contribution in [0.1, 0.15) is 34.1 Å². The summed E-state index contributed by atoms with van der Waals surface area (Å²) < 4.78 is 0. The topological polar surface area (TPSA) is 17.1 Å². The molecule has 0 saturated heterocycles. The van der Waals surface area contributed by atoms with Gasteiger partial charge in [-0.15, -0.1) is 0 Å². The highest BCUT2D eigenvalue weighted by Crippen LogP contribution is 2.34. The molecule has 0 heterocycles. The molecule has 0 aromatic rings. The van der Waals surface area contributed by atoms with Gasteiger partial charge in [0.05, 0.1) is 0 Å². The second-order valence-electron chi connectivity index (χ2n) is 4.76. The van der Waals surface area contributed by atoms with E-state index >= 15 is 0 Å². The number of allylic oxidation sites excluding steroid dienone is 2. The lowest BCUT2D eigenvalue weighted by Crippen LogP contribution is -2.28. The van der Waals surface area contributed by atoms with E-state index in [1.165, 1.54) is 0 Å². The van der Waals surface area contributed by atoms with Gasteiger partial charge in [0.15, 0.2) is 5.78 Å². The van der Waals surface area contributed by atoms with Crippen LogP contribution in [0.25, 0.3) is 0 Å². The smallest absolute Gasteiger partial charge is 0.155 e. The average Bonchev–Trinajstić information content (AvgIpc) is 2.03. The molecule has 13 heavy (non-hydrogen) atoms. The minimum atomic E-state index is 0.301. The van der Waals surface area contributed by atoms with Crippen molar-refractivity contribution >= 4 is 5.78 Å². The van der Waals surface area contributed by atoms with Gasteiger partial charge in [0.1, 0.15) is 0 Å². The van der Waals surface area contributed by atoms with Crippen molar-refractivity contribution in [3.05, 3.63) is 12.2 Å². The molecule has 1 heteroatoms. The normalized spacial score (nSPS) is 28.9. The van der Waals surface area contributed by atoms with E-state index in [1.54, 1.807) is 6.08 Å². The van der Waals surface area contributed by atoms with E-state index in [0.717, 1.165) is 6.42 Å². The Morgan fingerprint density at radius 1 is 1.23 bits per heavy atom. The average molecular weight is 180 g/mol. The first-order valence-electron chi connectivity index (χ1n) is 5.23. The van der Waals surface area contributed by atoms with Crippen molar-refractivity contribution in [3.8, 4) is 0 Å². The van der Waals surface area contributed by atoms with Gasteiger partial charge in [-0.2, -0.15) is 0 Å². The highest BCUT2D eigenvalue weighted by atomic mass is 16.1.